The summed E-state index contributed by atoms with van der Waals surface area (Å²) in [5.41, 5.74) is 2.92. The highest BCUT2D eigenvalue weighted by molar-refractivity contribution is 5.95. The molecular weight excluding hydrogens is 408 g/mol. The van der Waals surface area contributed by atoms with Crippen LogP contribution in [0.2, 0.25) is 0 Å². The molecule has 0 aromatic heterocycles. The number of hydrogen-bond acceptors (Lipinski definition) is 6. The summed E-state index contributed by atoms with van der Waals surface area (Å²) in [4.78, 5) is 29.8. The number of phenols is 1. The number of hydrogen-bond donors (Lipinski definition) is 3. The summed E-state index contributed by atoms with van der Waals surface area (Å²) >= 11 is 0. The maximum absolute atomic E-state index is 12.9. The third-order valence-corrected chi connectivity index (χ3v) is 5.75. The number of anilines is 1. The molecule has 1 saturated heterocycles. The number of esters is 1. The van der Waals surface area contributed by atoms with Gasteiger partial charge in [-0.25, -0.2) is 9.59 Å². The maximum Gasteiger partial charge on any atom is 0.338 e. The largest absolute Gasteiger partial charge is 0.508 e. The van der Waals surface area contributed by atoms with Gasteiger partial charge in [-0.05, 0) is 36.8 Å². The Bertz CT molecular complexity index is 983. The van der Waals surface area contributed by atoms with E-state index in [0.717, 1.165) is 37.4 Å². The summed E-state index contributed by atoms with van der Waals surface area (Å²) in [6.45, 7) is 5.65. The number of benzene rings is 2. The smallest absolute Gasteiger partial charge is 0.338 e. The molecule has 0 aliphatic carbocycles. The summed E-state index contributed by atoms with van der Waals surface area (Å²) in [5, 5.41) is 15.2. The van der Waals surface area contributed by atoms with Crippen molar-refractivity contribution < 1.29 is 19.4 Å². The maximum atomic E-state index is 12.9. The zero-order chi connectivity index (χ0) is 22.5. The summed E-state index contributed by atoms with van der Waals surface area (Å²) < 4.78 is 5.34. The first-order valence-electron chi connectivity index (χ1n) is 10.8. The van der Waals surface area contributed by atoms with Gasteiger partial charge in [-0.15, -0.1) is 0 Å². The molecule has 1 atom stereocenters. The lowest BCUT2D eigenvalue weighted by atomic mass is 9.95. The minimum absolute atomic E-state index is 0.250. The fourth-order valence-electron chi connectivity index (χ4n) is 4.14. The van der Waals surface area contributed by atoms with Gasteiger partial charge in [0, 0.05) is 44.1 Å². The molecule has 2 heterocycles. The Morgan fingerprint density at radius 3 is 2.41 bits per heavy atom. The van der Waals surface area contributed by atoms with Gasteiger partial charge >= 0.3 is 12.0 Å². The fourth-order valence-corrected chi connectivity index (χ4v) is 4.14. The van der Waals surface area contributed by atoms with E-state index < -0.39 is 12.0 Å². The van der Waals surface area contributed by atoms with Crippen molar-refractivity contribution in [1.82, 2.24) is 15.5 Å². The van der Waals surface area contributed by atoms with Crippen LogP contribution in [0.1, 0.15) is 18.5 Å². The van der Waals surface area contributed by atoms with Crippen LogP contribution in [0.15, 0.2) is 65.9 Å². The second-order valence-corrected chi connectivity index (χ2v) is 7.83. The van der Waals surface area contributed by atoms with E-state index >= 15 is 0 Å². The highest BCUT2D eigenvalue weighted by Crippen LogP contribution is 2.28. The first kappa shape index (κ1) is 21.7. The zero-order valence-corrected chi connectivity index (χ0v) is 18.1. The summed E-state index contributed by atoms with van der Waals surface area (Å²) in [7, 11) is 0. The number of nitrogens with one attached hydrogen (secondary N) is 2. The van der Waals surface area contributed by atoms with Crippen molar-refractivity contribution in [2.75, 3.05) is 44.2 Å². The molecule has 8 heteroatoms. The number of carbonyl (C=O) groups is 2. The summed E-state index contributed by atoms with van der Waals surface area (Å²) in [6, 6.07) is 15.7. The van der Waals surface area contributed by atoms with Crippen LogP contribution >= 0.6 is 0 Å². The molecule has 2 aromatic carbocycles. The predicted molar refractivity (Wildman–Crippen MR) is 121 cm³/mol. The number of amides is 2. The van der Waals surface area contributed by atoms with E-state index in [2.05, 4.69) is 20.4 Å². The Kier molecular flexibility index (Phi) is 6.61. The van der Waals surface area contributed by atoms with Crippen LogP contribution in [0.5, 0.6) is 5.75 Å². The fraction of sp³-hybridized carbons (Fsp3) is 0.333. The van der Waals surface area contributed by atoms with Crippen LogP contribution in [-0.4, -0.2) is 61.3 Å². The lowest BCUT2D eigenvalue weighted by Crippen LogP contribution is -2.51. The van der Waals surface area contributed by atoms with Crippen LogP contribution in [0.25, 0.3) is 0 Å². The summed E-state index contributed by atoms with van der Waals surface area (Å²) in [6.07, 6.45) is 0. The van der Waals surface area contributed by atoms with Crippen LogP contribution < -0.4 is 15.5 Å². The van der Waals surface area contributed by atoms with Crippen molar-refractivity contribution in [3.63, 3.8) is 0 Å². The van der Waals surface area contributed by atoms with E-state index in [1.807, 2.05) is 42.5 Å². The van der Waals surface area contributed by atoms with Crippen LogP contribution in [0.3, 0.4) is 0 Å². The second kappa shape index (κ2) is 9.74. The predicted octanol–water partition coefficient (Wildman–Crippen LogP) is 2.39. The number of nitrogens with zero attached hydrogens (tertiary/aromatic N) is 2. The van der Waals surface area contributed by atoms with E-state index in [1.165, 1.54) is 0 Å². The molecule has 1 fully saturated rings. The number of rotatable bonds is 6. The zero-order valence-electron chi connectivity index (χ0n) is 18.1. The summed E-state index contributed by atoms with van der Waals surface area (Å²) in [5.74, 6) is -0.174. The number of ether oxygens (including phenoxy) is 1. The Balaban J connectivity index is 1.53. The molecule has 1 unspecified atom stereocenters. The molecule has 32 heavy (non-hydrogen) atoms. The van der Waals surface area contributed by atoms with Gasteiger partial charge in [0.2, 0.25) is 0 Å². The van der Waals surface area contributed by atoms with Crippen LogP contribution in [-0.2, 0) is 9.53 Å². The number of urea groups is 1. The molecular formula is C24H28N4O4. The molecule has 2 amide bonds. The topological polar surface area (TPSA) is 94.1 Å². The SMILES string of the molecule is CCOC(=O)C1=C(CN2CCN(c3ccc(O)cc3)CC2)NC(=O)NC1c1ccccc1. The molecule has 168 valence electrons. The van der Waals surface area contributed by atoms with E-state index in [4.69, 9.17) is 4.74 Å². The molecule has 3 N–H and O–H groups in total. The lowest BCUT2D eigenvalue weighted by molar-refractivity contribution is -0.139. The number of phenolic OH excluding ortho intramolecular Hbond substituents is 1. The molecule has 8 nitrogen and oxygen atoms in total. The Morgan fingerprint density at radius 2 is 1.75 bits per heavy atom. The average Bonchev–Trinajstić information content (AvgIpc) is 2.80. The monoisotopic (exact) mass is 436 g/mol. The standard InChI is InChI=1S/C24H28N4O4/c1-2-32-23(30)21-20(25-24(31)26-22(21)17-6-4-3-5-7-17)16-27-12-14-28(15-13-27)18-8-10-19(29)11-9-18/h3-11,22,29H,2,12-16H2,1H3,(H2,25,26,31). The number of carbonyl (C=O) groups excluding carboxylic acids is 2. The molecule has 0 saturated carbocycles. The van der Waals surface area contributed by atoms with E-state index in [0.29, 0.717) is 17.8 Å². The van der Waals surface area contributed by atoms with Crippen LogP contribution in [0, 0.1) is 0 Å². The third-order valence-electron chi connectivity index (χ3n) is 5.75. The average molecular weight is 437 g/mol. The first-order chi connectivity index (χ1) is 15.5. The Morgan fingerprint density at radius 1 is 1.06 bits per heavy atom. The highest BCUT2D eigenvalue weighted by atomic mass is 16.5. The molecule has 0 bridgehead atoms. The van der Waals surface area contributed by atoms with Gasteiger partial charge < -0.3 is 25.4 Å². The molecule has 2 aliphatic heterocycles. The van der Waals surface area contributed by atoms with Crippen molar-refractivity contribution in [1.29, 1.82) is 0 Å². The highest BCUT2D eigenvalue weighted by Gasteiger charge is 2.34. The minimum atomic E-state index is -0.558. The first-order valence-corrected chi connectivity index (χ1v) is 10.8. The number of aromatic hydroxyl groups is 1. The van der Waals surface area contributed by atoms with Gasteiger partial charge in [-0.1, -0.05) is 30.3 Å². The van der Waals surface area contributed by atoms with E-state index in [9.17, 15) is 14.7 Å². The Hall–Kier alpha value is -3.52. The third kappa shape index (κ3) is 4.86. The van der Waals surface area contributed by atoms with Gasteiger partial charge in [0.15, 0.2) is 0 Å². The van der Waals surface area contributed by atoms with Gasteiger partial charge in [0.05, 0.1) is 18.2 Å². The van der Waals surface area contributed by atoms with Gasteiger partial charge in [0.25, 0.3) is 0 Å². The quantitative estimate of drug-likeness (QED) is 0.602. The second-order valence-electron chi connectivity index (χ2n) is 7.83. The van der Waals surface area contributed by atoms with Crippen molar-refractivity contribution in [3.8, 4) is 5.75 Å². The normalized spacial score (nSPS) is 19.3. The minimum Gasteiger partial charge on any atom is -0.508 e. The van der Waals surface area contributed by atoms with Gasteiger partial charge in [-0.2, -0.15) is 0 Å². The van der Waals surface area contributed by atoms with E-state index in [-0.39, 0.29) is 18.4 Å². The van der Waals surface area contributed by atoms with E-state index in [1.54, 1.807) is 19.1 Å². The van der Waals surface area contributed by atoms with Gasteiger partial charge in [0.1, 0.15) is 5.75 Å². The molecule has 0 spiro atoms. The lowest BCUT2D eigenvalue weighted by Gasteiger charge is -2.38. The number of piperazine rings is 1. The van der Waals surface area contributed by atoms with Crippen LogP contribution in [0.4, 0.5) is 10.5 Å². The van der Waals surface area contributed by atoms with Crippen molar-refractivity contribution in [3.05, 3.63) is 71.4 Å². The Labute approximate surface area is 187 Å². The van der Waals surface area contributed by atoms with Crippen molar-refractivity contribution in [2.45, 2.75) is 13.0 Å². The van der Waals surface area contributed by atoms with Gasteiger partial charge in [-0.3, -0.25) is 4.90 Å². The molecule has 2 aliphatic rings. The molecule has 4 rings (SSSR count). The molecule has 2 aromatic rings. The molecule has 0 radical (unpaired) electrons. The van der Waals surface area contributed by atoms with Crippen molar-refractivity contribution in [2.24, 2.45) is 0 Å². The van der Waals surface area contributed by atoms with Crippen molar-refractivity contribution >= 4 is 17.7 Å².